The summed E-state index contributed by atoms with van der Waals surface area (Å²) in [4.78, 5) is 13.8. The predicted molar refractivity (Wildman–Crippen MR) is 113 cm³/mol. The molecule has 30 heavy (non-hydrogen) atoms. The number of aromatic nitrogens is 2. The van der Waals surface area contributed by atoms with Gasteiger partial charge in [-0.2, -0.15) is 5.10 Å². The first-order valence-electron chi connectivity index (χ1n) is 9.05. The molecule has 2 aromatic heterocycles. The van der Waals surface area contributed by atoms with Crippen molar-refractivity contribution in [2.45, 2.75) is 6.54 Å². The average molecular weight is 425 g/mol. The zero-order valence-electron chi connectivity index (χ0n) is 15.9. The number of benzene rings is 2. The van der Waals surface area contributed by atoms with Gasteiger partial charge in [-0.1, -0.05) is 6.07 Å². The number of nitrogens with one attached hydrogen (secondary N) is 2. The standard InChI is InChI=1S/C22H17F2N3O2S/c1-29-21-16(22(28)25-12-15-3-2-10-30-15)7-9-19-20(21)18(26-27-19)8-5-13-4-6-14(23)11-17(13)24/h2-11H,12H2,1H3,(H,25,28)(H,26,27). The lowest BCUT2D eigenvalue weighted by Gasteiger charge is -2.10. The van der Waals surface area contributed by atoms with Crippen LogP contribution in [0.15, 0.2) is 47.8 Å². The molecule has 0 radical (unpaired) electrons. The molecule has 4 aromatic rings. The van der Waals surface area contributed by atoms with Crippen LogP contribution < -0.4 is 10.1 Å². The Hall–Kier alpha value is -3.52. The van der Waals surface area contributed by atoms with Crippen LogP contribution in [0.1, 0.15) is 26.5 Å². The van der Waals surface area contributed by atoms with Crippen molar-refractivity contribution >= 4 is 40.3 Å². The van der Waals surface area contributed by atoms with Crippen LogP contribution in [0.2, 0.25) is 0 Å². The molecule has 0 aliphatic carbocycles. The lowest BCUT2D eigenvalue weighted by atomic mass is 10.1. The number of aromatic amines is 1. The molecule has 8 heteroatoms. The summed E-state index contributed by atoms with van der Waals surface area (Å²) in [6.45, 7) is 0.416. The molecule has 0 unspecified atom stereocenters. The second-order valence-electron chi connectivity index (χ2n) is 6.44. The van der Waals surface area contributed by atoms with Gasteiger partial charge in [0, 0.05) is 16.5 Å². The van der Waals surface area contributed by atoms with Gasteiger partial charge in [0.2, 0.25) is 0 Å². The molecule has 1 amide bonds. The van der Waals surface area contributed by atoms with Crippen molar-refractivity contribution in [2.75, 3.05) is 7.11 Å². The molecule has 0 aliphatic heterocycles. The Kier molecular flexibility index (Phi) is 5.58. The number of thiophene rings is 1. The van der Waals surface area contributed by atoms with Crippen LogP contribution in [0, 0.1) is 11.6 Å². The molecule has 2 heterocycles. The molecule has 0 fully saturated rings. The maximum atomic E-state index is 13.9. The Labute approximate surface area is 175 Å². The minimum atomic E-state index is -0.674. The van der Waals surface area contributed by atoms with Gasteiger partial charge in [-0.3, -0.25) is 9.89 Å². The van der Waals surface area contributed by atoms with Crippen molar-refractivity contribution in [1.82, 2.24) is 15.5 Å². The van der Waals surface area contributed by atoms with Crippen molar-refractivity contribution in [3.8, 4) is 5.75 Å². The molecule has 0 bridgehead atoms. The first-order chi connectivity index (χ1) is 14.6. The molecule has 0 saturated carbocycles. The van der Waals surface area contributed by atoms with Gasteiger partial charge in [0.15, 0.2) is 0 Å². The van der Waals surface area contributed by atoms with Crippen LogP contribution in [0.25, 0.3) is 23.1 Å². The number of methoxy groups -OCH3 is 1. The summed E-state index contributed by atoms with van der Waals surface area (Å²) in [6, 6.07) is 10.6. The van der Waals surface area contributed by atoms with Gasteiger partial charge in [-0.25, -0.2) is 8.78 Å². The van der Waals surface area contributed by atoms with Gasteiger partial charge in [-0.05, 0) is 47.9 Å². The molecule has 0 atom stereocenters. The predicted octanol–water partition coefficient (Wildman–Crippen LogP) is 5.01. The van der Waals surface area contributed by atoms with Gasteiger partial charge in [0.1, 0.15) is 17.4 Å². The van der Waals surface area contributed by atoms with E-state index < -0.39 is 11.6 Å². The maximum absolute atomic E-state index is 13.9. The van der Waals surface area contributed by atoms with E-state index in [1.54, 1.807) is 29.5 Å². The Bertz CT molecular complexity index is 1230. The highest BCUT2D eigenvalue weighted by Crippen LogP contribution is 2.32. The second kappa shape index (κ2) is 8.46. The van der Waals surface area contributed by atoms with E-state index in [9.17, 15) is 13.6 Å². The summed E-state index contributed by atoms with van der Waals surface area (Å²) in [6.07, 6.45) is 3.08. The van der Waals surface area contributed by atoms with Crippen LogP contribution in [0.3, 0.4) is 0 Å². The highest BCUT2D eigenvalue weighted by molar-refractivity contribution is 7.09. The number of amides is 1. The van der Waals surface area contributed by atoms with E-state index in [1.807, 2.05) is 17.5 Å². The summed E-state index contributed by atoms with van der Waals surface area (Å²) in [7, 11) is 1.48. The quantitative estimate of drug-likeness (QED) is 0.456. The molecule has 0 aliphatic rings. The summed E-state index contributed by atoms with van der Waals surface area (Å²) in [5.74, 6) is -1.23. The van der Waals surface area contributed by atoms with E-state index in [2.05, 4.69) is 15.5 Å². The Morgan fingerprint density at radius 3 is 2.83 bits per heavy atom. The fraction of sp³-hybridized carbons (Fsp3) is 0.0909. The van der Waals surface area contributed by atoms with Crippen LogP contribution in [0.4, 0.5) is 8.78 Å². The lowest BCUT2D eigenvalue weighted by Crippen LogP contribution is -2.22. The van der Waals surface area contributed by atoms with Crippen LogP contribution in [0.5, 0.6) is 5.75 Å². The van der Waals surface area contributed by atoms with Gasteiger partial charge in [0.25, 0.3) is 5.91 Å². The minimum absolute atomic E-state index is 0.219. The van der Waals surface area contributed by atoms with Crippen LogP contribution >= 0.6 is 11.3 Å². The van der Waals surface area contributed by atoms with E-state index in [4.69, 9.17) is 4.74 Å². The molecular weight excluding hydrogens is 408 g/mol. The van der Waals surface area contributed by atoms with Crippen molar-refractivity contribution < 1.29 is 18.3 Å². The van der Waals surface area contributed by atoms with E-state index in [0.717, 1.165) is 10.9 Å². The van der Waals surface area contributed by atoms with Crippen LogP contribution in [-0.2, 0) is 6.54 Å². The topological polar surface area (TPSA) is 67.0 Å². The molecule has 5 nitrogen and oxygen atoms in total. The van der Waals surface area contributed by atoms with E-state index in [1.165, 1.54) is 25.3 Å². The van der Waals surface area contributed by atoms with E-state index in [-0.39, 0.29) is 11.5 Å². The molecule has 0 spiro atoms. The van der Waals surface area contributed by atoms with Gasteiger partial charge in [0.05, 0.1) is 35.8 Å². The number of rotatable bonds is 6. The highest BCUT2D eigenvalue weighted by Gasteiger charge is 2.19. The largest absolute Gasteiger partial charge is 0.495 e. The summed E-state index contributed by atoms with van der Waals surface area (Å²) in [5, 5.41) is 12.5. The summed E-state index contributed by atoms with van der Waals surface area (Å²) >= 11 is 1.56. The smallest absolute Gasteiger partial charge is 0.255 e. The number of halogens is 2. The number of H-pyrrole nitrogens is 1. The van der Waals surface area contributed by atoms with Gasteiger partial charge < -0.3 is 10.1 Å². The van der Waals surface area contributed by atoms with E-state index >= 15 is 0 Å². The Morgan fingerprint density at radius 2 is 2.10 bits per heavy atom. The van der Waals surface area contributed by atoms with Crippen molar-refractivity contribution in [3.05, 3.63) is 81.2 Å². The fourth-order valence-corrected chi connectivity index (χ4v) is 3.74. The fourth-order valence-electron chi connectivity index (χ4n) is 3.10. The number of hydrogen-bond donors (Lipinski definition) is 2. The third kappa shape index (κ3) is 3.95. The third-order valence-electron chi connectivity index (χ3n) is 4.55. The average Bonchev–Trinajstić information content (AvgIpc) is 3.40. The normalized spacial score (nSPS) is 11.3. The number of ether oxygens (including phenoxy) is 1. The number of carbonyl (C=O) groups is 1. The number of carbonyl (C=O) groups excluding carboxylic acids is 1. The number of nitrogens with zero attached hydrogens (tertiary/aromatic N) is 1. The van der Waals surface area contributed by atoms with Gasteiger partial charge in [-0.15, -0.1) is 11.3 Å². The Morgan fingerprint density at radius 1 is 1.23 bits per heavy atom. The monoisotopic (exact) mass is 425 g/mol. The lowest BCUT2D eigenvalue weighted by molar-refractivity contribution is 0.0948. The van der Waals surface area contributed by atoms with Crippen molar-refractivity contribution in [1.29, 1.82) is 0 Å². The zero-order chi connectivity index (χ0) is 21.1. The third-order valence-corrected chi connectivity index (χ3v) is 5.42. The molecule has 2 aromatic carbocycles. The summed E-state index contributed by atoms with van der Waals surface area (Å²) < 4.78 is 32.6. The van der Waals surface area contributed by atoms with Crippen molar-refractivity contribution in [3.63, 3.8) is 0 Å². The highest BCUT2D eigenvalue weighted by atomic mass is 32.1. The number of hydrogen-bond acceptors (Lipinski definition) is 4. The molecule has 2 N–H and O–H groups in total. The first-order valence-corrected chi connectivity index (χ1v) is 9.93. The molecule has 152 valence electrons. The number of fused-ring (bicyclic) bond motifs is 1. The molecule has 0 saturated heterocycles. The SMILES string of the molecule is COc1c(C(=O)NCc2cccs2)ccc2[nH]nc(C=Cc3ccc(F)cc3F)c12. The van der Waals surface area contributed by atoms with Crippen molar-refractivity contribution in [2.24, 2.45) is 0 Å². The Balaban J connectivity index is 1.67. The minimum Gasteiger partial charge on any atom is -0.495 e. The molecular formula is C22H17F2N3O2S. The second-order valence-corrected chi connectivity index (χ2v) is 7.47. The van der Waals surface area contributed by atoms with Gasteiger partial charge >= 0.3 is 0 Å². The maximum Gasteiger partial charge on any atom is 0.255 e. The van der Waals surface area contributed by atoms with Crippen LogP contribution in [-0.4, -0.2) is 23.2 Å². The summed E-state index contributed by atoms with van der Waals surface area (Å²) in [5.41, 5.74) is 1.72. The first kappa shape index (κ1) is 19.8. The van der Waals surface area contributed by atoms with E-state index in [0.29, 0.717) is 34.5 Å². The molecule has 4 rings (SSSR count). The zero-order valence-corrected chi connectivity index (χ0v) is 16.7.